The van der Waals surface area contributed by atoms with Gasteiger partial charge in [-0.1, -0.05) is 12.1 Å². The Morgan fingerprint density at radius 3 is 2.50 bits per heavy atom. The summed E-state index contributed by atoms with van der Waals surface area (Å²) in [6, 6.07) is 12.9. The summed E-state index contributed by atoms with van der Waals surface area (Å²) in [6.07, 6.45) is 0.815. The van der Waals surface area contributed by atoms with Crippen LogP contribution in [0.5, 0.6) is 11.5 Å². The molecule has 0 bridgehead atoms. The Balaban J connectivity index is 1.65. The minimum absolute atomic E-state index is 0.405. The molecule has 1 aliphatic rings. The highest BCUT2D eigenvalue weighted by atomic mass is 16.5. The van der Waals surface area contributed by atoms with E-state index in [1.165, 1.54) is 0 Å². The average molecular weight is 408 g/mol. The molecule has 0 saturated heterocycles. The predicted molar refractivity (Wildman–Crippen MR) is 116 cm³/mol. The molecule has 0 aliphatic carbocycles. The molecule has 1 aromatic heterocycles. The van der Waals surface area contributed by atoms with Gasteiger partial charge in [0.1, 0.15) is 17.3 Å². The lowest BCUT2D eigenvalue weighted by molar-refractivity contribution is 0.160. The van der Waals surface area contributed by atoms with Gasteiger partial charge in [0.15, 0.2) is 0 Å². The van der Waals surface area contributed by atoms with E-state index < -0.39 is 6.35 Å². The van der Waals surface area contributed by atoms with Crippen molar-refractivity contribution in [2.24, 2.45) is 0 Å². The van der Waals surface area contributed by atoms with Crippen molar-refractivity contribution in [3.8, 4) is 11.5 Å². The summed E-state index contributed by atoms with van der Waals surface area (Å²) < 4.78 is 10.7. The van der Waals surface area contributed by atoms with Crippen LogP contribution < -0.4 is 30.3 Å². The Labute approximate surface area is 174 Å². The summed E-state index contributed by atoms with van der Waals surface area (Å²) in [5, 5.41) is 14.1. The van der Waals surface area contributed by atoms with E-state index in [0.717, 1.165) is 16.9 Å². The number of hydrogen-bond acceptors (Lipinski definition) is 9. The molecule has 4 rings (SSSR count). The number of methoxy groups -OCH3 is 2. The van der Waals surface area contributed by atoms with Crippen LogP contribution >= 0.6 is 0 Å². The van der Waals surface area contributed by atoms with Crippen molar-refractivity contribution in [2.45, 2.75) is 12.9 Å². The van der Waals surface area contributed by atoms with Crippen molar-refractivity contribution < 1.29 is 14.6 Å². The molecule has 1 aliphatic heterocycles. The maximum Gasteiger partial charge on any atom is 0.229 e. The van der Waals surface area contributed by atoms with Crippen LogP contribution in [-0.2, 0) is 6.54 Å². The monoisotopic (exact) mass is 408 g/mol. The second-order valence-electron chi connectivity index (χ2n) is 6.91. The van der Waals surface area contributed by atoms with Gasteiger partial charge in [-0.15, -0.1) is 0 Å². The zero-order valence-corrected chi connectivity index (χ0v) is 17.0. The summed E-state index contributed by atoms with van der Waals surface area (Å²) in [4.78, 5) is 12.5. The van der Waals surface area contributed by atoms with Crippen molar-refractivity contribution in [1.29, 1.82) is 0 Å². The first-order valence-electron chi connectivity index (χ1n) is 9.38. The van der Waals surface area contributed by atoms with E-state index in [2.05, 4.69) is 15.3 Å². The molecule has 1 atom stereocenters. The number of nitrogens with one attached hydrogen (secondary N) is 1. The van der Waals surface area contributed by atoms with Crippen LogP contribution in [0.4, 0.5) is 28.8 Å². The molecule has 156 valence electrons. The van der Waals surface area contributed by atoms with Gasteiger partial charge < -0.3 is 35.4 Å². The lowest BCUT2D eigenvalue weighted by Crippen LogP contribution is -2.51. The van der Waals surface area contributed by atoms with Crippen molar-refractivity contribution in [1.82, 2.24) is 9.97 Å². The predicted octanol–water partition coefficient (Wildman–Crippen LogP) is 2.55. The Hall–Kier alpha value is -3.72. The van der Waals surface area contributed by atoms with E-state index in [9.17, 15) is 5.11 Å². The Morgan fingerprint density at radius 2 is 1.83 bits per heavy atom. The van der Waals surface area contributed by atoms with Gasteiger partial charge in [0.2, 0.25) is 12.3 Å². The molecule has 1 unspecified atom stereocenters. The van der Waals surface area contributed by atoms with Crippen molar-refractivity contribution in [3.63, 3.8) is 0 Å². The van der Waals surface area contributed by atoms with Gasteiger partial charge in [0.05, 0.1) is 32.1 Å². The Kier molecular flexibility index (Phi) is 5.20. The fourth-order valence-corrected chi connectivity index (χ4v) is 3.37. The van der Waals surface area contributed by atoms with E-state index in [1.807, 2.05) is 35.2 Å². The van der Waals surface area contributed by atoms with Crippen molar-refractivity contribution >= 4 is 28.8 Å². The van der Waals surface area contributed by atoms with Crippen LogP contribution in [0.3, 0.4) is 0 Å². The van der Waals surface area contributed by atoms with Gasteiger partial charge in [-0.3, -0.25) is 0 Å². The highest BCUT2D eigenvalue weighted by Gasteiger charge is 2.31. The quantitative estimate of drug-likeness (QED) is 0.549. The molecule has 0 fully saturated rings. The van der Waals surface area contributed by atoms with Gasteiger partial charge in [0.25, 0.3) is 0 Å². The number of benzene rings is 2. The third-order valence-corrected chi connectivity index (χ3v) is 5.02. The number of anilines is 5. The molecular weight excluding hydrogens is 384 g/mol. The van der Waals surface area contributed by atoms with Crippen LogP contribution in [0.1, 0.15) is 5.56 Å². The first-order valence-corrected chi connectivity index (χ1v) is 9.38. The van der Waals surface area contributed by atoms with Gasteiger partial charge in [-0.2, -0.15) is 4.98 Å². The SMILES string of the molecule is COc1cc(OC)cc(N2Cc3cnc(Nc4ccccc4N)nc3N(C)C2O)c1. The molecule has 3 aromatic rings. The highest BCUT2D eigenvalue weighted by Crippen LogP contribution is 2.35. The maximum absolute atomic E-state index is 11.0. The largest absolute Gasteiger partial charge is 0.497 e. The molecule has 0 radical (unpaired) electrons. The number of rotatable bonds is 5. The number of hydrogen-bond donors (Lipinski definition) is 3. The maximum atomic E-state index is 11.0. The third-order valence-electron chi connectivity index (χ3n) is 5.02. The molecule has 4 N–H and O–H groups in total. The molecule has 0 spiro atoms. The van der Waals surface area contributed by atoms with E-state index >= 15 is 0 Å². The smallest absolute Gasteiger partial charge is 0.229 e. The topological polar surface area (TPSA) is 109 Å². The lowest BCUT2D eigenvalue weighted by Gasteiger charge is -2.41. The fraction of sp³-hybridized carbons (Fsp3) is 0.238. The highest BCUT2D eigenvalue weighted by molar-refractivity contribution is 5.71. The lowest BCUT2D eigenvalue weighted by atomic mass is 10.2. The number of nitrogens with zero attached hydrogens (tertiary/aromatic N) is 4. The zero-order chi connectivity index (χ0) is 21.3. The standard InChI is InChI=1S/C21H24N6O3/c1-26-19-13(11-23-20(25-19)24-18-7-5-4-6-17(18)22)12-27(21(26)28)14-8-15(29-2)10-16(9-14)30-3/h4-11,21,28H,12,22H2,1-3H3,(H,23,24,25). The molecule has 0 saturated carbocycles. The number of para-hydroxylation sites is 2. The number of nitrogen functional groups attached to an aromatic ring is 1. The molecule has 2 heterocycles. The summed E-state index contributed by atoms with van der Waals surface area (Å²) in [7, 11) is 4.96. The first kappa shape index (κ1) is 19.6. The Bertz CT molecular complexity index is 1040. The van der Waals surface area contributed by atoms with Gasteiger partial charge in [0, 0.05) is 42.7 Å². The number of fused-ring (bicyclic) bond motifs is 1. The first-order chi connectivity index (χ1) is 14.5. The minimum atomic E-state index is -0.932. The fourth-order valence-electron chi connectivity index (χ4n) is 3.37. The third kappa shape index (κ3) is 3.62. The van der Waals surface area contributed by atoms with E-state index in [4.69, 9.17) is 15.2 Å². The van der Waals surface area contributed by atoms with Gasteiger partial charge >= 0.3 is 0 Å². The second-order valence-corrected chi connectivity index (χ2v) is 6.91. The molecule has 9 nitrogen and oxygen atoms in total. The second kappa shape index (κ2) is 7.96. The minimum Gasteiger partial charge on any atom is -0.497 e. The van der Waals surface area contributed by atoms with Crippen LogP contribution in [0.2, 0.25) is 0 Å². The van der Waals surface area contributed by atoms with Crippen LogP contribution in [0.25, 0.3) is 0 Å². The van der Waals surface area contributed by atoms with Crippen LogP contribution in [0, 0.1) is 0 Å². The van der Waals surface area contributed by atoms with E-state index in [-0.39, 0.29) is 0 Å². The van der Waals surface area contributed by atoms with Crippen molar-refractivity contribution in [3.05, 3.63) is 54.2 Å². The molecule has 0 amide bonds. The van der Waals surface area contributed by atoms with Gasteiger partial charge in [-0.25, -0.2) is 4.98 Å². The number of nitrogens with two attached hydrogens (primary N) is 1. The van der Waals surface area contributed by atoms with Crippen molar-refractivity contribution in [2.75, 3.05) is 42.1 Å². The summed E-state index contributed by atoms with van der Waals surface area (Å²) >= 11 is 0. The number of aliphatic hydroxyl groups excluding tert-OH is 1. The van der Waals surface area contributed by atoms with Crippen LogP contribution in [-0.4, -0.2) is 42.7 Å². The molecular formula is C21H24N6O3. The van der Waals surface area contributed by atoms with Gasteiger partial charge in [-0.05, 0) is 12.1 Å². The summed E-state index contributed by atoms with van der Waals surface area (Å²) in [5.41, 5.74) is 8.95. The molecule has 30 heavy (non-hydrogen) atoms. The summed E-state index contributed by atoms with van der Waals surface area (Å²) in [6.45, 7) is 0.422. The number of aromatic nitrogens is 2. The zero-order valence-electron chi connectivity index (χ0n) is 17.0. The molecule has 9 heteroatoms. The summed E-state index contributed by atoms with van der Waals surface area (Å²) in [5.74, 6) is 2.32. The van der Waals surface area contributed by atoms with E-state index in [1.54, 1.807) is 44.5 Å². The average Bonchev–Trinajstić information content (AvgIpc) is 2.77. The Morgan fingerprint density at radius 1 is 1.13 bits per heavy atom. The number of ether oxygens (including phenoxy) is 2. The molecule has 2 aromatic carbocycles. The normalized spacial score (nSPS) is 15.5. The van der Waals surface area contributed by atoms with Crippen LogP contribution in [0.15, 0.2) is 48.7 Å². The van der Waals surface area contributed by atoms with E-state index in [0.29, 0.717) is 35.5 Å². The number of aliphatic hydroxyl groups is 1.